The third-order valence-electron chi connectivity index (χ3n) is 7.31. The normalized spacial score (nSPS) is 18.3. The quantitative estimate of drug-likeness (QED) is 0.111. The largest absolute Gasteiger partial charge is 0.397 e. The molecule has 43 heavy (non-hydrogen) atoms. The van der Waals surface area contributed by atoms with Gasteiger partial charge in [-0.15, -0.1) is 6.58 Å². The number of nitrogens with zero attached hydrogens (tertiary/aromatic N) is 1. The molecule has 0 spiro atoms. The highest BCUT2D eigenvalue weighted by Crippen LogP contribution is 2.38. The van der Waals surface area contributed by atoms with Crippen LogP contribution in [0, 0.1) is 0 Å². The molecule has 0 bridgehead atoms. The highest BCUT2D eigenvalue weighted by atomic mass is 16.7. The predicted molar refractivity (Wildman–Crippen MR) is 169 cm³/mol. The second-order valence-electron chi connectivity index (χ2n) is 10.9. The van der Waals surface area contributed by atoms with E-state index in [4.69, 9.17) is 15.2 Å². The summed E-state index contributed by atoms with van der Waals surface area (Å²) in [5, 5.41) is 15.2. The van der Waals surface area contributed by atoms with Crippen molar-refractivity contribution in [1.82, 2.24) is 4.90 Å². The molecule has 3 atom stereocenters. The van der Waals surface area contributed by atoms with Crippen molar-refractivity contribution in [3.63, 3.8) is 0 Å². The van der Waals surface area contributed by atoms with Crippen LogP contribution in [-0.2, 0) is 25.7 Å². The van der Waals surface area contributed by atoms with Crippen LogP contribution >= 0.6 is 0 Å². The molecule has 4 rings (SSSR count). The van der Waals surface area contributed by atoms with Crippen molar-refractivity contribution >= 4 is 28.9 Å². The lowest BCUT2D eigenvalue weighted by Crippen LogP contribution is -2.37. The van der Waals surface area contributed by atoms with Gasteiger partial charge < -0.3 is 35.8 Å². The molecular weight excluding hydrogens is 544 g/mol. The van der Waals surface area contributed by atoms with Crippen molar-refractivity contribution in [2.45, 2.75) is 57.2 Å². The number of anilines is 3. The molecule has 9 heteroatoms. The van der Waals surface area contributed by atoms with E-state index >= 15 is 0 Å². The first kappa shape index (κ1) is 31.9. The molecule has 0 saturated carbocycles. The number of ether oxygens (including phenoxy) is 2. The van der Waals surface area contributed by atoms with Crippen LogP contribution in [0.4, 0.5) is 17.1 Å². The zero-order valence-corrected chi connectivity index (χ0v) is 24.7. The Morgan fingerprint density at radius 2 is 1.70 bits per heavy atom. The Labute approximate surface area is 253 Å². The van der Waals surface area contributed by atoms with Gasteiger partial charge in [0.15, 0.2) is 6.29 Å². The molecule has 3 aromatic carbocycles. The van der Waals surface area contributed by atoms with E-state index < -0.39 is 6.29 Å². The van der Waals surface area contributed by atoms with Gasteiger partial charge in [0.05, 0.1) is 30.2 Å². The average Bonchev–Trinajstić information content (AvgIpc) is 3.00. The molecule has 0 aliphatic carbocycles. The Bertz CT molecular complexity index is 1360. The van der Waals surface area contributed by atoms with Gasteiger partial charge in [-0.3, -0.25) is 9.59 Å². The minimum Gasteiger partial charge on any atom is -0.397 e. The number of hydrogen-bond donors (Lipinski definition) is 4. The number of carbonyl (C=O) groups excluding carboxylic acids is 2. The fourth-order valence-corrected chi connectivity index (χ4v) is 5.06. The van der Waals surface area contributed by atoms with E-state index in [-0.39, 0.29) is 30.6 Å². The lowest BCUT2D eigenvalue weighted by atomic mass is 9.99. The molecule has 3 aromatic rings. The Kier molecular flexibility index (Phi) is 11.9. The summed E-state index contributed by atoms with van der Waals surface area (Å²) < 4.78 is 12.8. The number of benzene rings is 3. The van der Waals surface area contributed by atoms with Gasteiger partial charge in [-0.05, 0) is 55.3 Å². The van der Waals surface area contributed by atoms with Crippen molar-refractivity contribution in [3.05, 3.63) is 102 Å². The van der Waals surface area contributed by atoms with Gasteiger partial charge in [-0.1, -0.05) is 54.6 Å². The van der Waals surface area contributed by atoms with E-state index in [1.165, 1.54) is 0 Å². The number of aliphatic hydroxyl groups is 1. The number of rotatable bonds is 14. The Morgan fingerprint density at radius 1 is 0.977 bits per heavy atom. The summed E-state index contributed by atoms with van der Waals surface area (Å²) in [5.41, 5.74) is 10.3. The van der Waals surface area contributed by atoms with Crippen molar-refractivity contribution in [3.8, 4) is 0 Å². The standard InChI is InChI=1S/C34H42N4O5/c1-3-19-38(2)22-28-21-31(25-17-15-24(23-39)16-18-25)43-34(42-28)26-9-8-10-27(20-26)36-32(40)13-6-7-14-33(41)37-30-12-5-4-11-29(30)35/h3-5,8-12,15-18,20,28,31,34,39H,1,6-7,13-14,19,21-23,35H2,2H3,(H,36,40)(H,37,41)/t28-,31+,34+/m0/s1. The molecule has 0 aromatic heterocycles. The van der Waals surface area contributed by atoms with Crippen LogP contribution in [-0.4, -0.2) is 48.1 Å². The maximum atomic E-state index is 12.7. The number of likely N-dealkylation sites (N-methyl/N-ethyl adjacent to an activating group) is 1. The summed E-state index contributed by atoms with van der Waals surface area (Å²) >= 11 is 0. The van der Waals surface area contributed by atoms with Crippen LogP contribution < -0.4 is 16.4 Å². The van der Waals surface area contributed by atoms with Gasteiger partial charge >= 0.3 is 0 Å². The van der Waals surface area contributed by atoms with Crippen LogP contribution in [0.2, 0.25) is 0 Å². The summed E-state index contributed by atoms with van der Waals surface area (Å²) in [4.78, 5) is 27.1. The molecule has 2 amide bonds. The summed E-state index contributed by atoms with van der Waals surface area (Å²) in [5.74, 6) is -0.253. The van der Waals surface area contributed by atoms with E-state index in [1.54, 1.807) is 12.1 Å². The van der Waals surface area contributed by atoms with Crippen molar-refractivity contribution in [2.24, 2.45) is 0 Å². The van der Waals surface area contributed by atoms with Gasteiger partial charge in [-0.25, -0.2) is 0 Å². The number of nitrogens with two attached hydrogens (primary N) is 1. The second kappa shape index (κ2) is 16.0. The van der Waals surface area contributed by atoms with Gasteiger partial charge in [0.25, 0.3) is 0 Å². The zero-order valence-electron chi connectivity index (χ0n) is 24.7. The lowest BCUT2D eigenvalue weighted by Gasteiger charge is -2.37. The highest BCUT2D eigenvalue weighted by molar-refractivity contribution is 5.94. The second-order valence-corrected chi connectivity index (χ2v) is 10.9. The van der Waals surface area contributed by atoms with Crippen LogP contribution in [0.25, 0.3) is 0 Å². The molecule has 1 aliphatic heterocycles. The molecule has 1 fully saturated rings. The first-order valence-corrected chi connectivity index (χ1v) is 14.7. The highest BCUT2D eigenvalue weighted by Gasteiger charge is 2.32. The number of nitrogens with one attached hydrogen (secondary N) is 2. The first-order valence-electron chi connectivity index (χ1n) is 14.7. The van der Waals surface area contributed by atoms with Gasteiger partial charge in [0, 0.05) is 43.6 Å². The predicted octanol–water partition coefficient (Wildman–Crippen LogP) is 5.56. The average molecular weight is 587 g/mol. The molecule has 0 unspecified atom stereocenters. The number of nitrogen functional groups attached to an aromatic ring is 1. The topological polar surface area (TPSA) is 126 Å². The first-order chi connectivity index (χ1) is 20.8. The number of hydrogen-bond acceptors (Lipinski definition) is 7. The molecule has 1 heterocycles. The van der Waals surface area contributed by atoms with Crippen LogP contribution in [0.1, 0.15) is 61.2 Å². The third kappa shape index (κ3) is 9.76. The van der Waals surface area contributed by atoms with Crippen molar-refractivity contribution < 1.29 is 24.2 Å². The number of para-hydroxylation sites is 2. The zero-order chi connectivity index (χ0) is 30.6. The fraction of sp³-hybridized carbons (Fsp3) is 0.353. The minimum absolute atomic E-state index is 0.00975. The van der Waals surface area contributed by atoms with Crippen LogP contribution in [0.5, 0.6) is 0 Å². The molecular formula is C34H42N4O5. The Morgan fingerprint density at radius 3 is 2.40 bits per heavy atom. The van der Waals surface area contributed by atoms with E-state index in [0.717, 1.165) is 23.2 Å². The summed E-state index contributed by atoms with van der Waals surface area (Å²) in [6, 6.07) is 22.4. The van der Waals surface area contributed by atoms with E-state index in [0.29, 0.717) is 55.7 Å². The third-order valence-corrected chi connectivity index (χ3v) is 7.31. The number of aliphatic hydroxyl groups excluding tert-OH is 1. The number of carbonyl (C=O) groups is 2. The van der Waals surface area contributed by atoms with Crippen molar-refractivity contribution in [2.75, 3.05) is 36.5 Å². The SMILES string of the molecule is C=CCN(C)C[C@@H]1C[C@H](c2ccc(CO)cc2)O[C@H](c2cccc(NC(=O)CCCCC(=O)Nc3ccccc3N)c2)O1. The molecule has 5 N–H and O–H groups in total. The molecule has 1 aliphatic rings. The molecule has 9 nitrogen and oxygen atoms in total. The lowest BCUT2D eigenvalue weighted by molar-refractivity contribution is -0.252. The van der Waals surface area contributed by atoms with Crippen LogP contribution in [0.15, 0.2) is 85.5 Å². The smallest absolute Gasteiger partial charge is 0.224 e. The number of amides is 2. The summed E-state index contributed by atoms with van der Waals surface area (Å²) in [7, 11) is 2.03. The maximum Gasteiger partial charge on any atom is 0.224 e. The molecule has 228 valence electrons. The maximum absolute atomic E-state index is 12.7. The van der Waals surface area contributed by atoms with E-state index in [9.17, 15) is 14.7 Å². The van der Waals surface area contributed by atoms with Crippen LogP contribution in [0.3, 0.4) is 0 Å². The summed E-state index contributed by atoms with van der Waals surface area (Å²) in [6.45, 7) is 5.28. The van der Waals surface area contributed by atoms with Crippen molar-refractivity contribution in [1.29, 1.82) is 0 Å². The molecule has 0 radical (unpaired) electrons. The monoisotopic (exact) mass is 586 g/mol. The van der Waals surface area contributed by atoms with E-state index in [1.807, 2.05) is 73.8 Å². The van der Waals surface area contributed by atoms with Gasteiger partial charge in [-0.2, -0.15) is 0 Å². The molecule has 1 saturated heterocycles. The number of unbranched alkanes of at least 4 members (excludes halogenated alkanes) is 1. The fourth-order valence-electron chi connectivity index (χ4n) is 5.06. The summed E-state index contributed by atoms with van der Waals surface area (Å²) in [6.07, 6.45) is 3.42. The van der Waals surface area contributed by atoms with E-state index in [2.05, 4.69) is 22.1 Å². The minimum atomic E-state index is -0.618. The van der Waals surface area contributed by atoms with Gasteiger partial charge in [0.2, 0.25) is 11.8 Å². The Balaban J connectivity index is 1.33. The van der Waals surface area contributed by atoms with Gasteiger partial charge in [0.1, 0.15) is 0 Å². The Hall–Kier alpha value is -4.02.